The SMILES string of the molecule is CCCCCCCC/C=C\CCCCCCCCCCCCCCCCCCCC(=O)OC[C@@H](O)COP(=O)(O)OC1CC(O)(CO[C@H]2OC(CO)[C@@H](O)C(O)C2N)C(O)[C@@H](O)C1OC(C)=O. The number of allylic oxidation sites excluding steroid dienone is 2. The van der Waals surface area contributed by atoms with E-state index in [-0.39, 0.29) is 6.42 Å². The Labute approximate surface area is 399 Å². The van der Waals surface area contributed by atoms with Gasteiger partial charge in [0.15, 0.2) is 12.4 Å². The molecule has 0 radical (unpaired) electrons. The molecule has 0 spiro atoms. The first kappa shape index (κ1) is 61.5. The Kier molecular flexibility index (Phi) is 32.6. The number of carbonyl (C=O) groups is 2. The van der Waals surface area contributed by atoms with E-state index in [2.05, 4.69) is 19.1 Å². The molecular formula is C48H90NO17P. The maximum atomic E-state index is 13.0. The highest BCUT2D eigenvalue weighted by Gasteiger charge is 2.56. The van der Waals surface area contributed by atoms with Crippen LogP contribution in [0, 0.1) is 0 Å². The Morgan fingerprint density at radius 2 is 1.25 bits per heavy atom. The van der Waals surface area contributed by atoms with E-state index in [0.29, 0.717) is 6.42 Å². The Bertz CT molecular complexity index is 1380. The standard InChI is InChI=1S/C48H90NO17P/c1-3-4-5-6-7-8-9-10-11-12-13-14-15-16-17-18-19-20-21-22-23-24-25-26-27-28-29-30-40(53)61-33-37(52)34-63-67(59,60)66-38-31-48(58,46(57)44(56)45(38)64-36(2)51)35-62-47-41(49)43(55)42(54)39(32-50)65-47/h10-11,37-39,41-47,50,52,54-58H,3-9,12-35,49H2,1-2H3,(H,59,60)/b11-10-/t37-,38?,39?,41?,42-,43?,44+,45?,46?,47+,48?/m1/s1. The number of carbonyl (C=O) groups excluding carboxylic acids is 2. The fourth-order valence-corrected chi connectivity index (χ4v) is 9.47. The van der Waals surface area contributed by atoms with Crippen LogP contribution in [0.3, 0.4) is 0 Å². The molecule has 0 amide bonds. The van der Waals surface area contributed by atoms with Crippen molar-refractivity contribution >= 4 is 19.8 Å². The van der Waals surface area contributed by atoms with E-state index in [9.17, 15) is 54.8 Å². The van der Waals surface area contributed by atoms with Crippen molar-refractivity contribution in [1.29, 1.82) is 0 Å². The number of esters is 2. The molecule has 0 aromatic rings. The quantitative estimate of drug-likeness (QED) is 0.0155. The number of hydrogen-bond donors (Lipinski definition) is 9. The van der Waals surface area contributed by atoms with E-state index < -0.39 is 119 Å². The summed E-state index contributed by atoms with van der Waals surface area (Å²) in [4.78, 5) is 34.6. The lowest BCUT2D eigenvalue weighted by Crippen LogP contribution is -2.67. The first-order valence-corrected chi connectivity index (χ1v) is 26.9. The topological polar surface area (TPSA) is 294 Å². The summed E-state index contributed by atoms with van der Waals surface area (Å²) in [6.45, 7) is 0.247. The van der Waals surface area contributed by atoms with Gasteiger partial charge in [-0.05, 0) is 32.1 Å². The largest absolute Gasteiger partial charge is 0.472 e. The molecule has 0 bridgehead atoms. The molecule has 2 rings (SSSR count). The van der Waals surface area contributed by atoms with E-state index >= 15 is 0 Å². The van der Waals surface area contributed by atoms with Crippen molar-refractivity contribution in [3.05, 3.63) is 12.2 Å². The molecule has 1 heterocycles. The normalized spacial score (nSPS) is 28.1. The number of unbranched alkanes of at least 4 members (excludes halogenated alkanes) is 23. The second kappa shape index (κ2) is 35.5. The predicted molar refractivity (Wildman–Crippen MR) is 251 cm³/mol. The second-order valence-electron chi connectivity index (χ2n) is 18.7. The van der Waals surface area contributed by atoms with Crippen LogP contribution in [0.5, 0.6) is 0 Å². The molecule has 1 aliphatic carbocycles. The Morgan fingerprint density at radius 3 is 1.75 bits per heavy atom. The summed E-state index contributed by atoms with van der Waals surface area (Å²) in [7, 11) is -5.15. The monoisotopic (exact) mass is 984 g/mol. The van der Waals surface area contributed by atoms with Crippen LogP contribution in [0.1, 0.15) is 187 Å². The minimum absolute atomic E-state index is 0.148. The Balaban J connectivity index is 1.53. The van der Waals surface area contributed by atoms with Crippen molar-refractivity contribution < 1.29 is 82.8 Å². The van der Waals surface area contributed by atoms with Gasteiger partial charge < -0.3 is 65.3 Å². The zero-order valence-electron chi connectivity index (χ0n) is 40.6. The number of aliphatic hydroxyl groups is 7. The molecule has 0 aromatic carbocycles. The van der Waals surface area contributed by atoms with Gasteiger partial charge in [-0.25, -0.2) is 4.57 Å². The molecule has 2 fully saturated rings. The van der Waals surface area contributed by atoms with Crippen molar-refractivity contribution in [3.8, 4) is 0 Å². The van der Waals surface area contributed by atoms with Crippen LogP contribution in [0.2, 0.25) is 0 Å². The number of phosphoric acid groups is 1. The van der Waals surface area contributed by atoms with Crippen LogP contribution < -0.4 is 5.73 Å². The summed E-state index contributed by atoms with van der Waals surface area (Å²) in [5.74, 6) is -1.51. The molecular weight excluding hydrogens is 893 g/mol. The van der Waals surface area contributed by atoms with E-state index in [1.54, 1.807) is 0 Å². The van der Waals surface area contributed by atoms with Gasteiger partial charge in [-0.3, -0.25) is 18.6 Å². The van der Waals surface area contributed by atoms with Crippen molar-refractivity contribution in [3.63, 3.8) is 0 Å². The zero-order chi connectivity index (χ0) is 49.5. The minimum atomic E-state index is -5.15. The molecule has 8 unspecified atom stereocenters. The van der Waals surface area contributed by atoms with Crippen molar-refractivity contribution in [2.45, 2.75) is 254 Å². The van der Waals surface area contributed by atoms with E-state index in [1.807, 2.05) is 0 Å². The van der Waals surface area contributed by atoms with Gasteiger partial charge in [-0.1, -0.05) is 147 Å². The number of aliphatic hydroxyl groups excluding tert-OH is 6. The summed E-state index contributed by atoms with van der Waals surface area (Å²) in [5, 5.41) is 73.0. The van der Waals surface area contributed by atoms with Crippen molar-refractivity contribution in [2.75, 3.05) is 26.4 Å². The molecule has 1 saturated carbocycles. The molecule has 0 aromatic heterocycles. The van der Waals surface area contributed by atoms with Crippen molar-refractivity contribution in [1.82, 2.24) is 0 Å². The van der Waals surface area contributed by atoms with Crippen LogP contribution in [0.4, 0.5) is 0 Å². The second-order valence-corrected chi connectivity index (χ2v) is 20.1. The van der Waals surface area contributed by atoms with Crippen molar-refractivity contribution in [2.24, 2.45) is 5.73 Å². The summed E-state index contributed by atoms with van der Waals surface area (Å²) in [5.41, 5.74) is 3.39. The number of nitrogens with two attached hydrogens (primary N) is 1. The third kappa shape index (κ3) is 25.9. The summed E-state index contributed by atoms with van der Waals surface area (Å²) in [6, 6.07) is -1.38. The summed E-state index contributed by atoms with van der Waals surface area (Å²) < 4.78 is 44.0. The Hall–Kier alpha value is -1.61. The molecule has 18 nitrogen and oxygen atoms in total. The molecule has 12 atom stereocenters. The molecule has 394 valence electrons. The maximum absolute atomic E-state index is 13.0. The third-order valence-electron chi connectivity index (χ3n) is 12.6. The molecule has 67 heavy (non-hydrogen) atoms. The van der Waals surface area contributed by atoms with Gasteiger partial charge in [0.05, 0.1) is 25.9 Å². The van der Waals surface area contributed by atoms with Crippen LogP contribution in [0.25, 0.3) is 0 Å². The fraction of sp³-hybridized carbons (Fsp3) is 0.917. The smallest absolute Gasteiger partial charge is 0.463 e. The van der Waals surface area contributed by atoms with E-state index in [0.717, 1.165) is 26.2 Å². The number of ether oxygens (including phenoxy) is 4. The molecule has 1 aliphatic heterocycles. The van der Waals surface area contributed by atoms with Crippen LogP contribution >= 0.6 is 7.82 Å². The van der Waals surface area contributed by atoms with Crippen LogP contribution in [-0.2, 0) is 42.1 Å². The first-order chi connectivity index (χ1) is 32.0. The average Bonchev–Trinajstić information content (AvgIpc) is 3.29. The Morgan fingerprint density at radius 1 is 0.761 bits per heavy atom. The number of phosphoric ester groups is 1. The fourth-order valence-electron chi connectivity index (χ4n) is 8.51. The van der Waals surface area contributed by atoms with Gasteiger partial charge in [-0.2, -0.15) is 0 Å². The average molecular weight is 984 g/mol. The summed E-state index contributed by atoms with van der Waals surface area (Å²) in [6.07, 6.45) is 20.1. The highest BCUT2D eigenvalue weighted by Crippen LogP contribution is 2.48. The molecule has 19 heteroatoms. The van der Waals surface area contributed by atoms with Gasteiger partial charge >= 0.3 is 19.8 Å². The predicted octanol–water partition coefficient (Wildman–Crippen LogP) is 5.68. The van der Waals surface area contributed by atoms with Gasteiger partial charge in [0.25, 0.3) is 0 Å². The van der Waals surface area contributed by atoms with E-state index in [4.69, 9.17) is 33.7 Å². The molecule has 10 N–H and O–H groups in total. The van der Waals surface area contributed by atoms with Gasteiger partial charge in [0.1, 0.15) is 54.9 Å². The maximum Gasteiger partial charge on any atom is 0.472 e. The van der Waals surface area contributed by atoms with Gasteiger partial charge in [0, 0.05) is 19.8 Å². The highest BCUT2D eigenvalue weighted by molar-refractivity contribution is 7.47. The lowest BCUT2D eigenvalue weighted by molar-refractivity contribution is -0.293. The highest BCUT2D eigenvalue weighted by atomic mass is 31.2. The lowest BCUT2D eigenvalue weighted by Gasteiger charge is -2.47. The summed E-state index contributed by atoms with van der Waals surface area (Å²) >= 11 is 0. The van der Waals surface area contributed by atoms with Gasteiger partial charge in [0.2, 0.25) is 0 Å². The molecule has 2 aliphatic rings. The first-order valence-electron chi connectivity index (χ1n) is 25.4. The van der Waals surface area contributed by atoms with Crippen LogP contribution in [0.15, 0.2) is 12.2 Å². The van der Waals surface area contributed by atoms with Crippen LogP contribution in [-0.4, -0.2) is 146 Å². The van der Waals surface area contributed by atoms with Gasteiger partial charge in [-0.15, -0.1) is 0 Å². The number of rotatable bonds is 39. The lowest BCUT2D eigenvalue weighted by atomic mass is 9.77. The van der Waals surface area contributed by atoms with E-state index in [1.165, 1.54) is 135 Å². The zero-order valence-corrected chi connectivity index (χ0v) is 41.5. The minimum Gasteiger partial charge on any atom is -0.463 e. The number of hydrogen-bond acceptors (Lipinski definition) is 17. The molecule has 1 saturated heterocycles. The third-order valence-corrected chi connectivity index (χ3v) is 13.7.